The lowest BCUT2D eigenvalue weighted by Crippen LogP contribution is -2.52. The van der Waals surface area contributed by atoms with Gasteiger partial charge in [0.1, 0.15) is 0 Å². The van der Waals surface area contributed by atoms with Crippen molar-refractivity contribution < 1.29 is 9.53 Å². The van der Waals surface area contributed by atoms with Crippen molar-refractivity contribution in [1.29, 1.82) is 0 Å². The van der Waals surface area contributed by atoms with Gasteiger partial charge in [0.25, 0.3) is 0 Å². The zero-order valence-corrected chi connectivity index (χ0v) is 13.0. The molecule has 1 aromatic carbocycles. The van der Waals surface area contributed by atoms with E-state index >= 15 is 0 Å². The highest BCUT2D eigenvalue weighted by molar-refractivity contribution is 5.74. The first-order valence-corrected chi connectivity index (χ1v) is 8.22. The minimum atomic E-state index is 0.0422. The Labute approximate surface area is 132 Å². The Morgan fingerprint density at radius 2 is 1.95 bits per heavy atom. The Hall–Kier alpha value is -1.59. The Morgan fingerprint density at radius 1 is 1.18 bits per heavy atom. The van der Waals surface area contributed by atoms with Crippen molar-refractivity contribution in [3.05, 3.63) is 35.9 Å². The van der Waals surface area contributed by atoms with Crippen molar-refractivity contribution in [2.24, 2.45) is 0 Å². The molecule has 1 atom stereocenters. The summed E-state index contributed by atoms with van der Waals surface area (Å²) in [4.78, 5) is 16.5. The third kappa shape index (κ3) is 4.21. The van der Waals surface area contributed by atoms with Gasteiger partial charge in [-0.25, -0.2) is 4.79 Å². The number of hydrogen-bond acceptors (Lipinski definition) is 3. The smallest absolute Gasteiger partial charge is 0.317 e. The molecule has 2 saturated heterocycles. The van der Waals surface area contributed by atoms with E-state index in [9.17, 15) is 4.79 Å². The number of piperazine rings is 1. The van der Waals surface area contributed by atoms with Gasteiger partial charge in [0.2, 0.25) is 0 Å². The molecule has 1 unspecified atom stereocenters. The van der Waals surface area contributed by atoms with E-state index < -0.39 is 0 Å². The molecule has 2 aliphatic heterocycles. The van der Waals surface area contributed by atoms with Crippen LogP contribution in [-0.2, 0) is 11.3 Å². The fourth-order valence-corrected chi connectivity index (χ4v) is 3.10. The van der Waals surface area contributed by atoms with Crippen molar-refractivity contribution >= 4 is 6.03 Å². The molecule has 5 nitrogen and oxygen atoms in total. The van der Waals surface area contributed by atoms with E-state index in [-0.39, 0.29) is 6.03 Å². The van der Waals surface area contributed by atoms with E-state index in [1.165, 1.54) is 12.8 Å². The van der Waals surface area contributed by atoms with Crippen molar-refractivity contribution in [2.45, 2.75) is 25.5 Å². The molecule has 120 valence electrons. The first-order chi connectivity index (χ1) is 10.8. The van der Waals surface area contributed by atoms with Crippen LogP contribution in [0.2, 0.25) is 0 Å². The average molecular weight is 303 g/mol. The van der Waals surface area contributed by atoms with Crippen LogP contribution in [0.15, 0.2) is 30.3 Å². The number of ether oxygens (including phenoxy) is 1. The summed E-state index contributed by atoms with van der Waals surface area (Å²) in [5.74, 6) is 0. The van der Waals surface area contributed by atoms with Crippen molar-refractivity contribution in [1.82, 2.24) is 15.1 Å². The second-order valence-electron chi connectivity index (χ2n) is 6.07. The quantitative estimate of drug-likeness (QED) is 0.921. The molecule has 2 heterocycles. The number of carbonyl (C=O) groups excluding carboxylic acids is 1. The van der Waals surface area contributed by atoms with Crippen molar-refractivity contribution in [2.75, 3.05) is 39.3 Å². The lowest BCUT2D eigenvalue weighted by Gasteiger charge is -2.35. The van der Waals surface area contributed by atoms with E-state index in [4.69, 9.17) is 4.74 Å². The molecule has 1 N–H and O–H groups in total. The fourth-order valence-electron chi connectivity index (χ4n) is 3.10. The predicted octanol–water partition coefficient (Wildman–Crippen LogP) is 1.69. The van der Waals surface area contributed by atoms with Gasteiger partial charge in [-0.2, -0.15) is 0 Å². The maximum atomic E-state index is 12.2. The minimum absolute atomic E-state index is 0.0422. The molecule has 3 rings (SSSR count). The number of urea groups is 1. The molecule has 2 fully saturated rings. The molecule has 0 saturated carbocycles. The molecule has 5 heteroatoms. The van der Waals surface area contributed by atoms with Gasteiger partial charge in [0.05, 0.1) is 6.10 Å². The highest BCUT2D eigenvalue weighted by atomic mass is 16.5. The summed E-state index contributed by atoms with van der Waals surface area (Å²) in [6.07, 6.45) is 2.77. The Morgan fingerprint density at radius 3 is 2.64 bits per heavy atom. The number of benzene rings is 1. The van der Waals surface area contributed by atoms with E-state index in [1.807, 2.05) is 35.2 Å². The summed E-state index contributed by atoms with van der Waals surface area (Å²) in [5, 5.41) is 3.00. The third-order valence-corrected chi connectivity index (χ3v) is 4.43. The lowest BCUT2D eigenvalue weighted by atomic mass is 10.2. The standard InChI is InChI=1S/C17H25N3O2/c21-17(18-13-15-5-2-1-3-6-15)20-10-8-19(9-11-20)14-16-7-4-12-22-16/h1-3,5-6,16H,4,7-14H2,(H,18,21). The Bertz CT molecular complexity index is 466. The monoisotopic (exact) mass is 303 g/mol. The summed E-state index contributed by atoms with van der Waals surface area (Å²) < 4.78 is 5.68. The topological polar surface area (TPSA) is 44.8 Å². The Kier molecular flexibility index (Phi) is 5.29. The van der Waals surface area contributed by atoms with Crippen molar-refractivity contribution in [3.63, 3.8) is 0 Å². The van der Waals surface area contributed by atoms with Gasteiger partial charge < -0.3 is 15.0 Å². The molecular formula is C17H25N3O2. The zero-order valence-electron chi connectivity index (χ0n) is 13.0. The molecule has 22 heavy (non-hydrogen) atoms. The van der Waals surface area contributed by atoms with Crippen LogP contribution in [-0.4, -0.2) is 61.3 Å². The van der Waals surface area contributed by atoms with Crippen LogP contribution in [0.1, 0.15) is 18.4 Å². The molecule has 2 aliphatic rings. The molecule has 0 bridgehead atoms. The van der Waals surface area contributed by atoms with Crippen LogP contribution < -0.4 is 5.32 Å². The summed E-state index contributed by atoms with van der Waals surface area (Å²) in [5.41, 5.74) is 1.13. The molecular weight excluding hydrogens is 278 g/mol. The number of amides is 2. The van der Waals surface area contributed by atoms with E-state index in [1.54, 1.807) is 0 Å². The van der Waals surface area contributed by atoms with Gasteiger partial charge in [-0.1, -0.05) is 30.3 Å². The maximum absolute atomic E-state index is 12.2. The summed E-state index contributed by atoms with van der Waals surface area (Å²) >= 11 is 0. The molecule has 0 aliphatic carbocycles. The van der Waals surface area contributed by atoms with Crippen LogP contribution in [0, 0.1) is 0 Å². The highest BCUT2D eigenvalue weighted by Crippen LogP contribution is 2.14. The summed E-state index contributed by atoms with van der Waals surface area (Å²) in [7, 11) is 0. The van der Waals surface area contributed by atoms with Crippen LogP contribution >= 0.6 is 0 Å². The van der Waals surface area contributed by atoms with E-state index in [2.05, 4.69) is 10.2 Å². The molecule has 2 amide bonds. The average Bonchev–Trinajstić information content (AvgIpc) is 3.07. The van der Waals surface area contributed by atoms with Gasteiger partial charge in [-0.15, -0.1) is 0 Å². The minimum Gasteiger partial charge on any atom is -0.377 e. The van der Waals surface area contributed by atoms with Crippen molar-refractivity contribution in [3.8, 4) is 0 Å². The molecule has 0 radical (unpaired) electrons. The highest BCUT2D eigenvalue weighted by Gasteiger charge is 2.24. The van der Waals surface area contributed by atoms with Crippen LogP contribution in [0.5, 0.6) is 0 Å². The van der Waals surface area contributed by atoms with Gasteiger partial charge in [-0.05, 0) is 18.4 Å². The normalized spacial score (nSPS) is 22.7. The third-order valence-electron chi connectivity index (χ3n) is 4.43. The molecule has 0 aromatic heterocycles. The molecule has 1 aromatic rings. The number of nitrogens with zero attached hydrogens (tertiary/aromatic N) is 2. The number of rotatable bonds is 4. The number of nitrogens with one attached hydrogen (secondary N) is 1. The van der Waals surface area contributed by atoms with E-state index in [0.29, 0.717) is 12.6 Å². The zero-order chi connectivity index (χ0) is 15.2. The van der Waals surface area contributed by atoms with Crippen LogP contribution in [0.3, 0.4) is 0 Å². The number of carbonyl (C=O) groups is 1. The molecule has 0 spiro atoms. The van der Waals surface area contributed by atoms with Crippen LogP contribution in [0.4, 0.5) is 4.79 Å². The second kappa shape index (κ2) is 7.61. The van der Waals surface area contributed by atoms with Crippen LogP contribution in [0.25, 0.3) is 0 Å². The van der Waals surface area contributed by atoms with Gasteiger partial charge in [0, 0.05) is 45.9 Å². The summed E-state index contributed by atoms with van der Waals surface area (Å²) in [6, 6.07) is 10.1. The maximum Gasteiger partial charge on any atom is 0.317 e. The number of hydrogen-bond donors (Lipinski definition) is 1. The predicted molar refractivity (Wildman–Crippen MR) is 85.7 cm³/mol. The second-order valence-corrected chi connectivity index (χ2v) is 6.07. The lowest BCUT2D eigenvalue weighted by molar-refractivity contribution is 0.0561. The van der Waals surface area contributed by atoms with Gasteiger partial charge in [-0.3, -0.25) is 4.90 Å². The fraction of sp³-hybridized carbons (Fsp3) is 0.588. The SMILES string of the molecule is O=C(NCc1ccccc1)N1CCN(CC2CCCO2)CC1. The van der Waals surface area contributed by atoms with Gasteiger partial charge in [0.15, 0.2) is 0 Å². The first-order valence-electron chi connectivity index (χ1n) is 8.22. The largest absolute Gasteiger partial charge is 0.377 e. The first kappa shape index (κ1) is 15.3. The van der Waals surface area contributed by atoms with Gasteiger partial charge >= 0.3 is 6.03 Å². The Balaban J connectivity index is 1.38. The van der Waals surface area contributed by atoms with E-state index in [0.717, 1.165) is 44.9 Å². The summed E-state index contributed by atoms with van der Waals surface area (Å²) in [6.45, 7) is 6.00.